The minimum absolute atomic E-state index is 0.163. The quantitative estimate of drug-likeness (QED) is 0.712. The summed E-state index contributed by atoms with van der Waals surface area (Å²) in [5.41, 5.74) is 1.61. The average Bonchev–Trinajstić information content (AvgIpc) is 2.30. The van der Waals surface area contributed by atoms with Crippen LogP contribution in [0.2, 0.25) is 5.15 Å². The summed E-state index contributed by atoms with van der Waals surface area (Å²) in [6.07, 6.45) is 0. The first-order valence-electron chi connectivity index (χ1n) is 5.11. The molecule has 0 amide bonds. The molecule has 0 saturated heterocycles. The topological polar surface area (TPSA) is 42.9 Å². The third-order valence-corrected chi connectivity index (χ3v) is 2.13. The Morgan fingerprint density at radius 2 is 1.62 bits per heavy atom. The van der Waals surface area contributed by atoms with Crippen LogP contribution in [0.15, 0.2) is 24.3 Å². The maximum absolute atomic E-state index is 11.1. The van der Waals surface area contributed by atoms with Gasteiger partial charge in [-0.15, -0.1) is 0 Å². The van der Waals surface area contributed by atoms with E-state index in [-0.39, 0.29) is 16.6 Å². The van der Waals surface area contributed by atoms with Crippen LogP contribution in [0, 0.1) is 0 Å². The number of rotatable bonds is 1. The van der Waals surface area contributed by atoms with Crippen molar-refractivity contribution in [2.45, 2.75) is 20.8 Å². The fraction of sp³-hybridized carbons (Fsp3) is 0.250. The molecule has 0 fully saturated rings. The number of nitrogens with zero attached hydrogens (tertiary/aromatic N) is 2. The van der Waals surface area contributed by atoms with E-state index in [9.17, 15) is 4.79 Å². The van der Waals surface area contributed by atoms with Crippen LogP contribution in [0.4, 0.5) is 0 Å². The lowest BCUT2D eigenvalue weighted by atomic mass is 10.2. The van der Waals surface area contributed by atoms with Gasteiger partial charge in [-0.05, 0) is 12.1 Å². The number of halogens is 1. The number of hydrogen-bond acceptors (Lipinski definition) is 3. The lowest BCUT2D eigenvalue weighted by Crippen LogP contribution is -2.00. The Kier molecular flexibility index (Phi) is 4.38. The molecule has 0 aliphatic rings. The van der Waals surface area contributed by atoms with Gasteiger partial charge in [0.25, 0.3) is 0 Å². The van der Waals surface area contributed by atoms with Gasteiger partial charge in [0.05, 0.1) is 11.0 Å². The summed E-state index contributed by atoms with van der Waals surface area (Å²) in [5.74, 6) is -0.173. The molecule has 0 spiro atoms. The summed E-state index contributed by atoms with van der Waals surface area (Å²) >= 11 is 5.80. The van der Waals surface area contributed by atoms with Crippen LogP contribution in [0.5, 0.6) is 0 Å². The van der Waals surface area contributed by atoms with Gasteiger partial charge in [-0.2, -0.15) is 0 Å². The first-order chi connectivity index (χ1) is 7.68. The number of carbonyl (C=O) groups is 1. The predicted octanol–water partition coefficient (Wildman–Crippen LogP) is 3.51. The molecule has 1 aromatic carbocycles. The van der Waals surface area contributed by atoms with Crippen LogP contribution < -0.4 is 0 Å². The molecule has 0 saturated carbocycles. The van der Waals surface area contributed by atoms with E-state index in [2.05, 4.69) is 9.97 Å². The molecule has 16 heavy (non-hydrogen) atoms. The molecular formula is C12H13ClN2O. The molecule has 0 N–H and O–H groups in total. The van der Waals surface area contributed by atoms with Crippen molar-refractivity contribution in [3.05, 3.63) is 35.1 Å². The Hall–Kier alpha value is -1.48. The molecular weight excluding hydrogens is 224 g/mol. The van der Waals surface area contributed by atoms with Crippen LogP contribution in [-0.2, 0) is 0 Å². The largest absolute Gasteiger partial charge is 0.293 e. The zero-order chi connectivity index (χ0) is 12.1. The van der Waals surface area contributed by atoms with Crippen LogP contribution >= 0.6 is 11.6 Å². The summed E-state index contributed by atoms with van der Waals surface area (Å²) in [6.45, 7) is 5.42. The normalized spacial score (nSPS) is 9.50. The Morgan fingerprint density at radius 3 is 2.12 bits per heavy atom. The smallest absolute Gasteiger partial charge is 0.181 e. The Labute approximate surface area is 99.5 Å². The lowest BCUT2D eigenvalue weighted by Gasteiger charge is -2.00. The highest BCUT2D eigenvalue weighted by Gasteiger charge is 2.09. The molecule has 4 heteroatoms. The summed E-state index contributed by atoms with van der Waals surface area (Å²) in [4.78, 5) is 19.3. The molecule has 2 rings (SSSR count). The minimum atomic E-state index is -0.173. The number of Topliss-reactive ketones (excluding diaryl/α,β-unsaturated/α-hetero) is 1. The highest BCUT2D eigenvalue weighted by Crippen LogP contribution is 2.16. The molecule has 84 valence electrons. The number of hydrogen-bond donors (Lipinski definition) is 0. The molecule has 0 aliphatic heterocycles. The van der Waals surface area contributed by atoms with Crippen molar-refractivity contribution in [1.82, 2.24) is 9.97 Å². The predicted molar refractivity (Wildman–Crippen MR) is 65.9 cm³/mol. The van der Waals surface area contributed by atoms with E-state index in [1.165, 1.54) is 6.92 Å². The zero-order valence-corrected chi connectivity index (χ0v) is 10.2. The van der Waals surface area contributed by atoms with Gasteiger partial charge < -0.3 is 0 Å². The zero-order valence-electron chi connectivity index (χ0n) is 9.49. The van der Waals surface area contributed by atoms with E-state index >= 15 is 0 Å². The molecule has 0 atom stereocenters. The number of fused-ring (bicyclic) bond motifs is 1. The van der Waals surface area contributed by atoms with Gasteiger partial charge in [0.2, 0.25) is 0 Å². The highest BCUT2D eigenvalue weighted by atomic mass is 35.5. The van der Waals surface area contributed by atoms with Crippen molar-refractivity contribution in [2.75, 3.05) is 0 Å². The molecule has 0 bridgehead atoms. The molecule has 1 heterocycles. The van der Waals surface area contributed by atoms with Crippen molar-refractivity contribution in [1.29, 1.82) is 0 Å². The molecule has 0 unspecified atom stereocenters. The van der Waals surface area contributed by atoms with Crippen LogP contribution in [-0.4, -0.2) is 15.8 Å². The van der Waals surface area contributed by atoms with E-state index in [0.717, 1.165) is 0 Å². The van der Waals surface area contributed by atoms with Crippen molar-refractivity contribution >= 4 is 28.4 Å². The van der Waals surface area contributed by atoms with E-state index in [1.807, 2.05) is 26.0 Å². The summed E-state index contributed by atoms with van der Waals surface area (Å²) in [5, 5.41) is 0.163. The van der Waals surface area contributed by atoms with E-state index in [4.69, 9.17) is 11.6 Å². The van der Waals surface area contributed by atoms with Crippen molar-refractivity contribution < 1.29 is 4.79 Å². The highest BCUT2D eigenvalue weighted by molar-refractivity contribution is 6.32. The summed E-state index contributed by atoms with van der Waals surface area (Å²) in [6, 6.07) is 7.29. The van der Waals surface area contributed by atoms with Gasteiger partial charge in [0, 0.05) is 6.92 Å². The number of carbonyl (C=O) groups excluding carboxylic acids is 1. The maximum Gasteiger partial charge on any atom is 0.181 e. The summed E-state index contributed by atoms with van der Waals surface area (Å²) in [7, 11) is 0. The van der Waals surface area contributed by atoms with Gasteiger partial charge in [-0.3, -0.25) is 4.79 Å². The third-order valence-electron chi connectivity index (χ3n) is 1.86. The Balaban J connectivity index is 0.000000606. The minimum Gasteiger partial charge on any atom is -0.293 e. The second kappa shape index (κ2) is 5.56. The number of para-hydroxylation sites is 2. The first-order valence-corrected chi connectivity index (χ1v) is 5.49. The van der Waals surface area contributed by atoms with Crippen molar-refractivity contribution in [2.24, 2.45) is 0 Å². The fourth-order valence-electron chi connectivity index (χ4n) is 1.20. The monoisotopic (exact) mass is 236 g/mol. The first kappa shape index (κ1) is 12.6. The molecule has 1 aromatic heterocycles. The molecule has 3 nitrogen and oxygen atoms in total. The Bertz CT molecular complexity index is 511. The van der Waals surface area contributed by atoms with Gasteiger partial charge >= 0.3 is 0 Å². The van der Waals surface area contributed by atoms with Crippen LogP contribution in [0.1, 0.15) is 31.3 Å². The van der Waals surface area contributed by atoms with E-state index in [1.54, 1.807) is 12.1 Å². The molecule has 2 aromatic rings. The second-order valence-electron chi connectivity index (χ2n) is 2.91. The lowest BCUT2D eigenvalue weighted by molar-refractivity contribution is 0.101. The van der Waals surface area contributed by atoms with Gasteiger partial charge in [0.1, 0.15) is 5.69 Å². The summed E-state index contributed by atoms with van der Waals surface area (Å²) < 4.78 is 0. The fourth-order valence-corrected chi connectivity index (χ4v) is 1.47. The van der Waals surface area contributed by atoms with Gasteiger partial charge in [-0.25, -0.2) is 9.97 Å². The van der Waals surface area contributed by atoms with Crippen molar-refractivity contribution in [3.63, 3.8) is 0 Å². The van der Waals surface area contributed by atoms with Crippen LogP contribution in [0.25, 0.3) is 11.0 Å². The molecule has 0 aliphatic carbocycles. The van der Waals surface area contributed by atoms with Crippen LogP contribution in [0.3, 0.4) is 0 Å². The average molecular weight is 237 g/mol. The third kappa shape index (κ3) is 2.55. The van der Waals surface area contributed by atoms with Crippen molar-refractivity contribution in [3.8, 4) is 0 Å². The number of ketones is 1. The SMILES string of the molecule is CC.CC(=O)c1nc2ccccc2nc1Cl. The standard InChI is InChI=1S/C10H7ClN2O.C2H6/c1-6(14)9-10(11)13-8-5-3-2-4-7(8)12-9;1-2/h2-5H,1H3;1-2H3. The maximum atomic E-state index is 11.1. The van der Waals surface area contributed by atoms with E-state index < -0.39 is 0 Å². The number of benzene rings is 1. The van der Waals surface area contributed by atoms with E-state index in [0.29, 0.717) is 11.0 Å². The number of aromatic nitrogens is 2. The van der Waals surface area contributed by atoms with Gasteiger partial charge in [-0.1, -0.05) is 37.6 Å². The second-order valence-corrected chi connectivity index (χ2v) is 3.27. The molecule has 0 radical (unpaired) electrons. The Morgan fingerprint density at radius 1 is 1.12 bits per heavy atom. The van der Waals surface area contributed by atoms with Gasteiger partial charge in [0.15, 0.2) is 10.9 Å².